The van der Waals surface area contributed by atoms with E-state index >= 15 is 0 Å². The summed E-state index contributed by atoms with van der Waals surface area (Å²) >= 11 is 0. The molecule has 0 atom stereocenters. The van der Waals surface area contributed by atoms with E-state index in [2.05, 4.69) is 27.2 Å². The molecule has 1 aliphatic heterocycles. The Morgan fingerprint density at radius 3 is 2.56 bits per heavy atom. The van der Waals surface area contributed by atoms with Gasteiger partial charge in [0.25, 0.3) is 5.91 Å². The van der Waals surface area contributed by atoms with Crippen LogP contribution in [0, 0.1) is 31.4 Å². The van der Waals surface area contributed by atoms with Crippen LogP contribution in [0.15, 0.2) is 36.5 Å². The Labute approximate surface area is 186 Å². The zero-order chi connectivity index (χ0) is 22.8. The maximum Gasteiger partial charge on any atom is 0.255 e. The van der Waals surface area contributed by atoms with Gasteiger partial charge in [-0.25, -0.2) is 18.4 Å². The summed E-state index contributed by atoms with van der Waals surface area (Å²) in [4.78, 5) is 19.7. The molecule has 32 heavy (non-hydrogen) atoms. The predicted octanol–water partition coefficient (Wildman–Crippen LogP) is 4.33. The van der Waals surface area contributed by atoms with Crippen molar-refractivity contribution in [3.8, 4) is 5.69 Å². The van der Waals surface area contributed by atoms with Crippen LogP contribution in [0.25, 0.3) is 5.69 Å². The third-order valence-electron chi connectivity index (χ3n) is 6.03. The molecule has 2 aromatic heterocycles. The lowest BCUT2D eigenvalue weighted by Gasteiger charge is -2.31. The summed E-state index contributed by atoms with van der Waals surface area (Å²) < 4.78 is 28.8. The fourth-order valence-corrected chi connectivity index (χ4v) is 4.08. The van der Waals surface area contributed by atoms with Crippen molar-refractivity contribution in [3.05, 3.63) is 70.7 Å². The zero-order valence-electron chi connectivity index (χ0n) is 18.5. The molecular formula is C24H27F2N5O. The second kappa shape index (κ2) is 9.06. The predicted molar refractivity (Wildman–Crippen MR) is 119 cm³/mol. The van der Waals surface area contributed by atoms with Crippen LogP contribution in [0.2, 0.25) is 0 Å². The van der Waals surface area contributed by atoms with Gasteiger partial charge in [-0.05, 0) is 56.4 Å². The van der Waals surface area contributed by atoms with Crippen LogP contribution in [0.4, 0.5) is 14.6 Å². The molecule has 0 unspecified atom stereocenters. The number of anilines is 1. The van der Waals surface area contributed by atoms with Crippen LogP contribution in [-0.2, 0) is 6.54 Å². The Morgan fingerprint density at radius 1 is 1.16 bits per heavy atom. The van der Waals surface area contributed by atoms with Crippen LogP contribution in [0.5, 0.6) is 0 Å². The molecule has 1 saturated heterocycles. The lowest BCUT2D eigenvalue weighted by Crippen LogP contribution is -2.33. The summed E-state index contributed by atoms with van der Waals surface area (Å²) in [5.41, 5.74) is 2.31. The van der Waals surface area contributed by atoms with Gasteiger partial charge in [0.1, 0.15) is 17.3 Å². The van der Waals surface area contributed by atoms with E-state index in [0.717, 1.165) is 42.5 Å². The number of aromatic nitrogens is 3. The molecule has 0 spiro atoms. The van der Waals surface area contributed by atoms with Gasteiger partial charge in [-0.15, -0.1) is 0 Å². The Bertz CT molecular complexity index is 1120. The molecule has 1 aromatic carbocycles. The zero-order valence-corrected chi connectivity index (χ0v) is 18.5. The number of carbonyl (C=O) groups is 1. The van der Waals surface area contributed by atoms with Crippen molar-refractivity contribution < 1.29 is 13.6 Å². The number of piperidine rings is 1. The lowest BCUT2D eigenvalue weighted by atomic mass is 9.99. The summed E-state index contributed by atoms with van der Waals surface area (Å²) in [7, 11) is 0. The van der Waals surface area contributed by atoms with Gasteiger partial charge in [0, 0.05) is 31.9 Å². The molecule has 1 N–H and O–H groups in total. The fraction of sp³-hybridized carbons (Fsp3) is 0.375. The molecule has 3 heterocycles. The van der Waals surface area contributed by atoms with E-state index in [9.17, 15) is 13.6 Å². The Kier molecular flexibility index (Phi) is 6.21. The highest BCUT2D eigenvalue weighted by molar-refractivity contribution is 5.96. The number of aryl methyl sites for hydroxylation is 1. The summed E-state index contributed by atoms with van der Waals surface area (Å²) in [6.45, 7) is 8.00. The summed E-state index contributed by atoms with van der Waals surface area (Å²) in [5, 5.41) is 7.18. The SMILES string of the molecule is Cc1nn(-c2ccc(F)cc2F)c(C)c1C(=O)NCc1ccc(N2CCC(C)CC2)nc1. The first kappa shape index (κ1) is 21.9. The largest absolute Gasteiger partial charge is 0.357 e. The van der Waals surface area contributed by atoms with Gasteiger partial charge in [-0.3, -0.25) is 4.79 Å². The van der Waals surface area contributed by atoms with Crippen molar-refractivity contribution in [1.29, 1.82) is 0 Å². The molecule has 0 bridgehead atoms. The third-order valence-corrected chi connectivity index (χ3v) is 6.03. The monoisotopic (exact) mass is 439 g/mol. The number of hydrogen-bond donors (Lipinski definition) is 1. The number of pyridine rings is 1. The number of nitrogens with zero attached hydrogens (tertiary/aromatic N) is 4. The number of hydrogen-bond acceptors (Lipinski definition) is 4. The highest BCUT2D eigenvalue weighted by atomic mass is 19.1. The van der Waals surface area contributed by atoms with Crippen molar-refractivity contribution in [1.82, 2.24) is 20.1 Å². The van der Waals surface area contributed by atoms with E-state index in [4.69, 9.17) is 0 Å². The number of rotatable bonds is 5. The van der Waals surface area contributed by atoms with Gasteiger partial charge >= 0.3 is 0 Å². The number of amides is 1. The minimum atomic E-state index is -0.739. The van der Waals surface area contributed by atoms with Gasteiger partial charge in [-0.2, -0.15) is 5.10 Å². The first-order valence-electron chi connectivity index (χ1n) is 10.8. The minimum absolute atomic E-state index is 0.0953. The molecule has 0 saturated carbocycles. The summed E-state index contributed by atoms with van der Waals surface area (Å²) in [6.07, 6.45) is 4.13. The molecule has 0 aliphatic carbocycles. The second-order valence-corrected chi connectivity index (χ2v) is 8.43. The van der Waals surface area contributed by atoms with Crippen molar-refractivity contribution in [3.63, 3.8) is 0 Å². The molecule has 6 nitrogen and oxygen atoms in total. The second-order valence-electron chi connectivity index (χ2n) is 8.43. The number of benzene rings is 1. The van der Waals surface area contributed by atoms with Crippen LogP contribution in [0.3, 0.4) is 0 Å². The number of halogens is 2. The van der Waals surface area contributed by atoms with Gasteiger partial charge in [0.15, 0.2) is 5.82 Å². The van der Waals surface area contributed by atoms with E-state index in [1.54, 1.807) is 20.0 Å². The average Bonchev–Trinajstić information content (AvgIpc) is 3.07. The molecule has 1 aliphatic rings. The molecule has 0 radical (unpaired) electrons. The van der Waals surface area contributed by atoms with Gasteiger partial charge < -0.3 is 10.2 Å². The lowest BCUT2D eigenvalue weighted by molar-refractivity contribution is 0.0949. The fourth-order valence-electron chi connectivity index (χ4n) is 4.08. The minimum Gasteiger partial charge on any atom is -0.357 e. The number of nitrogens with one attached hydrogen (secondary N) is 1. The first-order valence-corrected chi connectivity index (χ1v) is 10.8. The van der Waals surface area contributed by atoms with Crippen molar-refractivity contribution in [2.75, 3.05) is 18.0 Å². The normalized spacial score (nSPS) is 14.6. The van der Waals surface area contributed by atoms with E-state index in [-0.39, 0.29) is 11.6 Å². The van der Waals surface area contributed by atoms with Crippen LogP contribution >= 0.6 is 0 Å². The Hall–Kier alpha value is -3.29. The summed E-state index contributed by atoms with van der Waals surface area (Å²) in [5.74, 6) is 0.0118. The topological polar surface area (TPSA) is 63.1 Å². The molecule has 168 valence electrons. The maximum atomic E-state index is 14.2. The smallest absolute Gasteiger partial charge is 0.255 e. The highest BCUT2D eigenvalue weighted by Gasteiger charge is 2.21. The molecule has 4 rings (SSSR count). The van der Waals surface area contributed by atoms with Crippen LogP contribution in [-0.4, -0.2) is 33.8 Å². The third kappa shape index (κ3) is 4.49. The molecule has 8 heteroatoms. The van der Waals surface area contributed by atoms with Crippen molar-refractivity contribution >= 4 is 11.7 Å². The van der Waals surface area contributed by atoms with Crippen LogP contribution < -0.4 is 10.2 Å². The van der Waals surface area contributed by atoms with E-state index in [0.29, 0.717) is 23.5 Å². The highest BCUT2D eigenvalue weighted by Crippen LogP contribution is 2.22. The van der Waals surface area contributed by atoms with Gasteiger partial charge in [-0.1, -0.05) is 13.0 Å². The average molecular weight is 440 g/mol. The van der Waals surface area contributed by atoms with Crippen LogP contribution in [0.1, 0.15) is 47.1 Å². The van der Waals surface area contributed by atoms with E-state index in [1.807, 2.05) is 12.1 Å². The molecule has 3 aromatic rings. The standard InChI is InChI=1S/C24H27F2N5O/c1-15-8-10-30(11-9-15)22-7-4-18(13-27-22)14-28-24(32)23-16(2)29-31(17(23)3)21-6-5-19(25)12-20(21)26/h4-7,12-13,15H,8-11,14H2,1-3H3,(H,28,32). The van der Waals surface area contributed by atoms with Crippen molar-refractivity contribution in [2.24, 2.45) is 5.92 Å². The van der Waals surface area contributed by atoms with Crippen molar-refractivity contribution in [2.45, 2.75) is 40.2 Å². The summed E-state index contributed by atoms with van der Waals surface area (Å²) in [6, 6.07) is 7.23. The van der Waals surface area contributed by atoms with Gasteiger partial charge in [0.2, 0.25) is 0 Å². The van der Waals surface area contributed by atoms with Gasteiger partial charge in [0.05, 0.1) is 17.0 Å². The quantitative estimate of drug-likeness (QED) is 0.643. The van der Waals surface area contributed by atoms with E-state index in [1.165, 1.54) is 23.6 Å². The molecular weight excluding hydrogens is 412 g/mol. The van der Waals surface area contributed by atoms with E-state index < -0.39 is 11.6 Å². The molecule has 1 fully saturated rings. The maximum absolute atomic E-state index is 14.2. The Balaban J connectivity index is 1.44. The molecule has 1 amide bonds. The Morgan fingerprint density at radius 2 is 1.91 bits per heavy atom. The number of carbonyl (C=O) groups excluding carboxylic acids is 1. The first-order chi connectivity index (χ1) is 15.3.